The Hall–Kier alpha value is -1.44. The number of benzene rings is 1. The van der Waals surface area contributed by atoms with E-state index in [2.05, 4.69) is 26.1 Å². The summed E-state index contributed by atoms with van der Waals surface area (Å²) in [5.74, 6) is 0.0848. The highest BCUT2D eigenvalue weighted by atomic mass is 32.2. The molecule has 7 heteroatoms. The van der Waals surface area contributed by atoms with E-state index in [0.29, 0.717) is 37.1 Å². The van der Waals surface area contributed by atoms with Gasteiger partial charge in [-0.05, 0) is 42.9 Å². The van der Waals surface area contributed by atoms with Gasteiger partial charge in [-0.1, -0.05) is 32.9 Å². The van der Waals surface area contributed by atoms with E-state index < -0.39 is 10.0 Å². The number of nitrogens with zero attached hydrogens (tertiary/aromatic N) is 1. The second kappa shape index (κ2) is 7.53. The third kappa shape index (κ3) is 4.70. The second-order valence-electron chi connectivity index (χ2n) is 8.84. The first kappa shape index (κ1) is 20.3. The summed E-state index contributed by atoms with van der Waals surface area (Å²) in [6.45, 7) is 10.5. The fourth-order valence-corrected chi connectivity index (χ4v) is 4.90. The van der Waals surface area contributed by atoms with E-state index in [0.717, 1.165) is 23.3 Å². The smallest absolute Gasteiger partial charge is 0.278 e. The van der Waals surface area contributed by atoms with Crippen molar-refractivity contribution >= 4 is 15.9 Å². The van der Waals surface area contributed by atoms with Crippen LogP contribution >= 0.6 is 0 Å². The summed E-state index contributed by atoms with van der Waals surface area (Å²) in [5.41, 5.74) is 1.11. The highest BCUT2D eigenvalue weighted by Crippen LogP contribution is 2.24. The van der Waals surface area contributed by atoms with Crippen LogP contribution in [-0.2, 0) is 20.2 Å². The van der Waals surface area contributed by atoms with Gasteiger partial charge in [0, 0.05) is 6.04 Å². The molecular weight excluding hydrogens is 362 g/mol. The van der Waals surface area contributed by atoms with Gasteiger partial charge in [0.2, 0.25) is 10.0 Å². The van der Waals surface area contributed by atoms with Crippen molar-refractivity contribution in [1.29, 1.82) is 0 Å². The Labute approximate surface area is 163 Å². The van der Waals surface area contributed by atoms with Crippen LogP contribution in [0.15, 0.2) is 29.2 Å². The number of quaternary nitrogens is 1. The predicted molar refractivity (Wildman–Crippen MR) is 105 cm³/mol. The van der Waals surface area contributed by atoms with Gasteiger partial charge in [-0.15, -0.1) is 0 Å². The van der Waals surface area contributed by atoms with Gasteiger partial charge < -0.3 is 10.2 Å². The molecule has 0 unspecified atom stereocenters. The molecule has 1 aliphatic heterocycles. The summed E-state index contributed by atoms with van der Waals surface area (Å²) < 4.78 is 27.4. The minimum Gasteiger partial charge on any atom is -0.348 e. The van der Waals surface area contributed by atoms with Gasteiger partial charge in [0.15, 0.2) is 6.04 Å². The van der Waals surface area contributed by atoms with Crippen molar-refractivity contribution in [3.8, 4) is 0 Å². The summed E-state index contributed by atoms with van der Waals surface area (Å²) >= 11 is 0. The molecule has 1 amide bonds. The molecule has 2 N–H and O–H groups in total. The maximum absolute atomic E-state index is 12.9. The van der Waals surface area contributed by atoms with Crippen LogP contribution in [0.5, 0.6) is 0 Å². The third-order valence-corrected chi connectivity index (χ3v) is 7.57. The van der Waals surface area contributed by atoms with Crippen LogP contribution < -0.4 is 10.2 Å². The fourth-order valence-electron chi connectivity index (χ4n) is 3.46. The Kier molecular flexibility index (Phi) is 5.66. The monoisotopic (exact) mass is 394 g/mol. The number of hydrogen-bond donors (Lipinski definition) is 2. The first-order valence-electron chi connectivity index (χ1n) is 9.84. The molecule has 2 aliphatic rings. The SMILES string of the molecule is C[C@@H](C(=O)NC1CC1)[NH+]1CCN(S(=O)(=O)c2ccc(C(C)(C)C)cc2)CC1. The van der Waals surface area contributed by atoms with Crippen molar-refractivity contribution in [1.82, 2.24) is 9.62 Å². The van der Waals surface area contributed by atoms with E-state index in [1.807, 2.05) is 19.1 Å². The average molecular weight is 395 g/mol. The maximum Gasteiger partial charge on any atom is 0.278 e. The molecule has 1 atom stereocenters. The van der Waals surface area contributed by atoms with Crippen LogP contribution in [0.3, 0.4) is 0 Å². The number of nitrogens with one attached hydrogen (secondary N) is 2. The fraction of sp³-hybridized carbons (Fsp3) is 0.650. The minimum atomic E-state index is -3.48. The molecular formula is C20H32N3O3S+. The molecule has 3 rings (SSSR count). The van der Waals surface area contributed by atoms with Crippen LogP contribution in [0.25, 0.3) is 0 Å². The number of hydrogen-bond acceptors (Lipinski definition) is 3. The molecule has 1 aromatic carbocycles. The van der Waals surface area contributed by atoms with E-state index in [4.69, 9.17) is 0 Å². The number of carbonyl (C=O) groups is 1. The molecule has 1 aliphatic carbocycles. The van der Waals surface area contributed by atoms with Crippen LogP contribution in [0, 0.1) is 0 Å². The van der Waals surface area contributed by atoms with Gasteiger partial charge in [0.05, 0.1) is 31.1 Å². The number of carbonyl (C=O) groups excluding carboxylic acids is 1. The lowest BCUT2D eigenvalue weighted by Crippen LogP contribution is -3.19. The summed E-state index contributed by atoms with van der Waals surface area (Å²) in [4.78, 5) is 13.7. The average Bonchev–Trinajstić information content (AvgIpc) is 3.44. The summed E-state index contributed by atoms with van der Waals surface area (Å²) in [7, 11) is -3.48. The number of piperazine rings is 1. The van der Waals surface area contributed by atoms with E-state index >= 15 is 0 Å². The van der Waals surface area contributed by atoms with Gasteiger partial charge in [0.25, 0.3) is 5.91 Å². The molecule has 27 heavy (non-hydrogen) atoms. The van der Waals surface area contributed by atoms with Gasteiger partial charge in [-0.25, -0.2) is 8.42 Å². The Morgan fingerprint density at radius 3 is 2.19 bits per heavy atom. The molecule has 150 valence electrons. The van der Waals surface area contributed by atoms with E-state index in [9.17, 15) is 13.2 Å². The number of rotatable bonds is 5. The van der Waals surface area contributed by atoms with Crippen LogP contribution in [0.4, 0.5) is 0 Å². The summed E-state index contributed by atoms with van der Waals surface area (Å²) in [6.07, 6.45) is 2.15. The standard InChI is InChI=1S/C20H31N3O3S/c1-15(19(24)21-17-7-8-17)22-11-13-23(14-12-22)27(25,26)18-9-5-16(6-10-18)20(2,3)4/h5-6,9-10,15,17H,7-8,11-14H2,1-4H3,(H,21,24)/p+1/t15-/m0/s1. The molecule has 1 heterocycles. The molecule has 0 bridgehead atoms. The first-order chi connectivity index (χ1) is 12.6. The van der Waals surface area contributed by atoms with Crippen molar-refractivity contribution in [2.75, 3.05) is 26.2 Å². The van der Waals surface area contributed by atoms with Crippen molar-refractivity contribution in [2.24, 2.45) is 0 Å². The van der Waals surface area contributed by atoms with Crippen LogP contribution in [0.2, 0.25) is 0 Å². The largest absolute Gasteiger partial charge is 0.348 e. The molecule has 1 aromatic rings. The molecule has 0 spiro atoms. The first-order valence-corrected chi connectivity index (χ1v) is 11.3. The predicted octanol–water partition coefficient (Wildman–Crippen LogP) is 0.540. The highest BCUT2D eigenvalue weighted by Gasteiger charge is 2.36. The Morgan fingerprint density at radius 1 is 1.15 bits per heavy atom. The highest BCUT2D eigenvalue weighted by molar-refractivity contribution is 7.89. The molecule has 1 saturated heterocycles. The lowest BCUT2D eigenvalue weighted by molar-refractivity contribution is -0.917. The molecule has 1 saturated carbocycles. The number of sulfonamides is 1. The molecule has 2 fully saturated rings. The van der Waals surface area contributed by atoms with Gasteiger partial charge >= 0.3 is 0 Å². The van der Waals surface area contributed by atoms with Crippen LogP contribution in [-0.4, -0.2) is 56.9 Å². The summed E-state index contributed by atoms with van der Waals surface area (Å²) in [6, 6.07) is 7.44. The van der Waals surface area contributed by atoms with Crippen molar-refractivity contribution < 1.29 is 18.1 Å². The molecule has 6 nitrogen and oxygen atoms in total. The zero-order valence-electron chi connectivity index (χ0n) is 16.8. The summed E-state index contributed by atoms with van der Waals surface area (Å²) in [5, 5.41) is 3.04. The lowest BCUT2D eigenvalue weighted by atomic mass is 9.87. The normalized spacial score (nSPS) is 21.0. The quantitative estimate of drug-likeness (QED) is 0.766. The Morgan fingerprint density at radius 2 is 1.70 bits per heavy atom. The van der Waals surface area contributed by atoms with E-state index in [-0.39, 0.29) is 17.4 Å². The second-order valence-corrected chi connectivity index (χ2v) is 10.8. The maximum atomic E-state index is 12.9. The zero-order valence-corrected chi connectivity index (χ0v) is 17.6. The molecule has 0 aromatic heterocycles. The van der Waals surface area contributed by atoms with Crippen molar-refractivity contribution in [3.63, 3.8) is 0 Å². The topological polar surface area (TPSA) is 70.9 Å². The van der Waals surface area contributed by atoms with Crippen molar-refractivity contribution in [2.45, 2.75) is 62.9 Å². The zero-order chi connectivity index (χ0) is 19.8. The van der Waals surface area contributed by atoms with Crippen molar-refractivity contribution in [3.05, 3.63) is 29.8 Å². The van der Waals surface area contributed by atoms with E-state index in [1.54, 1.807) is 16.4 Å². The Bertz CT molecular complexity index is 772. The number of amides is 1. The van der Waals surface area contributed by atoms with Crippen LogP contribution in [0.1, 0.15) is 46.1 Å². The van der Waals surface area contributed by atoms with Gasteiger partial charge in [-0.3, -0.25) is 4.79 Å². The van der Waals surface area contributed by atoms with E-state index in [1.165, 1.54) is 0 Å². The third-order valence-electron chi connectivity index (χ3n) is 5.65. The lowest BCUT2D eigenvalue weighted by Gasteiger charge is -2.34. The van der Waals surface area contributed by atoms with Gasteiger partial charge in [0.1, 0.15) is 0 Å². The Balaban J connectivity index is 1.61. The van der Waals surface area contributed by atoms with Gasteiger partial charge in [-0.2, -0.15) is 4.31 Å². The minimum absolute atomic E-state index is 0.00550. The molecule has 0 radical (unpaired) electrons.